The van der Waals surface area contributed by atoms with E-state index in [0.717, 1.165) is 5.56 Å². The molecule has 0 saturated heterocycles. The van der Waals surface area contributed by atoms with Gasteiger partial charge in [0, 0.05) is 25.0 Å². The summed E-state index contributed by atoms with van der Waals surface area (Å²) in [5, 5.41) is 0. The van der Waals surface area contributed by atoms with Gasteiger partial charge >= 0.3 is 6.03 Å². The number of amides is 3. The molecular formula is C16H17FN4O2. The Morgan fingerprint density at radius 2 is 1.70 bits per heavy atom. The largest absolute Gasteiger partial charge is 0.336 e. The smallest absolute Gasteiger partial charge is 0.320 e. The summed E-state index contributed by atoms with van der Waals surface area (Å²) < 4.78 is 12.8. The molecule has 1 atom stereocenters. The zero-order valence-corrected chi connectivity index (χ0v) is 12.8. The maximum Gasteiger partial charge on any atom is 0.336 e. The summed E-state index contributed by atoms with van der Waals surface area (Å²) in [6.45, 7) is 1.86. The molecule has 6 nitrogen and oxygen atoms in total. The van der Waals surface area contributed by atoms with Crippen LogP contribution < -0.4 is 10.9 Å². The lowest BCUT2D eigenvalue weighted by Gasteiger charge is -2.25. The van der Waals surface area contributed by atoms with Crippen molar-refractivity contribution in [3.05, 3.63) is 65.7 Å². The monoisotopic (exact) mass is 316 g/mol. The number of hydrogen-bond donors (Lipinski definition) is 2. The molecule has 7 heteroatoms. The molecule has 0 fully saturated rings. The highest BCUT2D eigenvalue weighted by Crippen LogP contribution is 2.17. The second-order valence-electron chi connectivity index (χ2n) is 4.96. The molecule has 2 N–H and O–H groups in total. The average Bonchev–Trinajstić information content (AvgIpc) is 2.59. The number of rotatable bonds is 3. The molecule has 1 heterocycles. The van der Waals surface area contributed by atoms with E-state index in [1.54, 1.807) is 19.4 Å². The first kappa shape index (κ1) is 16.4. The number of nitrogens with zero attached hydrogens (tertiary/aromatic N) is 2. The number of hydrazine groups is 1. The predicted molar refractivity (Wildman–Crippen MR) is 82.8 cm³/mol. The van der Waals surface area contributed by atoms with Gasteiger partial charge in [-0.25, -0.2) is 14.6 Å². The third kappa shape index (κ3) is 4.26. The maximum atomic E-state index is 12.8. The predicted octanol–water partition coefficient (Wildman–Crippen LogP) is 2.27. The molecule has 1 unspecified atom stereocenters. The lowest BCUT2D eigenvalue weighted by atomic mass is 10.1. The Labute approximate surface area is 133 Å². The maximum absolute atomic E-state index is 12.8. The van der Waals surface area contributed by atoms with Crippen molar-refractivity contribution in [3.63, 3.8) is 0 Å². The van der Waals surface area contributed by atoms with E-state index in [0.29, 0.717) is 0 Å². The Morgan fingerprint density at radius 1 is 1.09 bits per heavy atom. The van der Waals surface area contributed by atoms with Gasteiger partial charge in [-0.1, -0.05) is 0 Å². The number of benzene rings is 1. The molecule has 0 aliphatic carbocycles. The van der Waals surface area contributed by atoms with Crippen molar-refractivity contribution < 1.29 is 14.0 Å². The van der Waals surface area contributed by atoms with Crippen LogP contribution in [-0.2, 0) is 0 Å². The summed E-state index contributed by atoms with van der Waals surface area (Å²) in [4.78, 5) is 29.3. The van der Waals surface area contributed by atoms with Crippen LogP contribution in [0.2, 0.25) is 0 Å². The summed E-state index contributed by atoms with van der Waals surface area (Å²) in [6.07, 6.45) is 3.29. The fourth-order valence-electron chi connectivity index (χ4n) is 1.91. The first-order valence-electron chi connectivity index (χ1n) is 6.97. The first-order chi connectivity index (χ1) is 11.0. The quantitative estimate of drug-likeness (QED) is 0.853. The van der Waals surface area contributed by atoms with Gasteiger partial charge < -0.3 is 4.90 Å². The van der Waals surface area contributed by atoms with Crippen molar-refractivity contribution in [1.29, 1.82) is 0 Å². The minimum Gasteiger partial charge on any atom is -0.320 e. The number of carbonyl (C=O) groups is 2. The van der Waals surface area contributed by atoms with E-state index in [4.69, 9.17) is 0 Å². The summed E-state index contributed by atoms with van der Waals surface area (Å²) in [7, 11) is 1.62. The molecule has 2 rings (SSSR count). The second-order valence-corrected chi connectivity index (χ2v) is 4.96. The van der Waals surface area contributed by atoms with Gasteiger partial charge in [0.1, 0.15) is 5.82 Å². The molecule has 120 valence electrons. The molecule has 23 heavy (non-hydrogen) atoms. The van der Waals surface area contributed by atoms with Crippen molar-refractivity contribution in [1.82, 2.24) is 20.7 Å². The van der Waals surface area contributed by atoms with Crippen LogP contribution in [0.4, 0.5) is 9.18 Å². The Bertz CT molecular complexity index is 676. The van der Waals surface area contributed by atoms with Crippen LogP contribution in [-0.4, -0.2) is 28.9 Å². The summed E-state index contributed by atoms with van der Waals surface area (Å²) >= 11 is 0. The Hall–Kier alpha value is -2.96. The van der Waals surface area contributed by atoms with Crippen molar-refractivity contribution in [2.75, 3.05) is 7.05 Å². The average molecular weight is 316 g/mol. The van der Waals surface area contributed by atoms with E-state index in [-0.39, 0.29) is 11.6 Å². The number of hydrogen-bond acceptors (Lipinski definition) is 3. The van der Waals surface area contributed by atoms with Gasteiger partial charge in [0.15, 0.2) is 0 Å². The lowest BCUT2D eigenvalue weighted by molar-refractivity contribution is 0.0929. The summed E-state index contributed by atoms with van der Waals surface area (Å²) in [5.74, 6) is -0.959. The molecule has 2 aromatic rings. The van der Waals surface area contributed by atoms with Crippen molar-refractivity contribution in [2.24, 2.45) is 0 Å². The van der Waals surface area contributed by atoms with Crippen LogP contribution in [0.3, 0.4) is 0 Å². The van der Waals surface area contributed by atoms with Gasteiger partial charge in [-0.2, -0.15) is 0 Å². The molecule has 1 aromatic carbocycles. The fourth-order valence-corrected chi connectivity index (χ4v) is 1.91. The first-order valence-corrected chi connectivity index (χ1v) is 6.97. The van der Waals surface area contributed by atoms with Gasteiger partial charge in [-0.15, -0.1) is 0 Å². The Balaban J connectivity index is 1.91. The molecule has 0 aliphatic heterocycles. The van der Waals surface area contributed by atoms with Crippen molar-refractivity contribution in [3.8, 4) is 0 Å². The van der Waals surface area contributed by atoms with E-state index >= 15 is 0 Å². The number of pyridine rings is 1. The highest BCUT2D eigenvalue weighted by atomic mass is 19.1. The zero-order valence-electron chi connectivity index (χ0n) is 12.8. The van der Waals surface area contributed by atoms with E-state index in [1.165, 1.54) is 29.2 Å². The topological polar surface area (TPSA) is 74.3 Å². The molecular weight excluding hydrogens is 299 g/mol. The van der Waals surface area contributed by atoms with Gasteiger partial charge in [-0.3, -0.25) is 15.2 Å². The molecule has 0 saturated carbocycles. The number of nitrogens with one attached hydrogen (secondary N) is 2. The van der Waals surface area contributed by atoms with Crippen LogP contribution in [0.1, 0.15) is 28.9 Å². The van der Waals surface area contributed by atoms with Crippen LogP contribution in [0.15, 0.2) is 48.8 Å². The second kappa shape index (κ2) is 7.35. The fraction of sp³-hybridized carbons (Fsp3) is 0.188. The normalized spacial score (nSPS) is 11.4. The third-order valence-electron chi connectivity index (χ3n) is 3.48. The summed E-state index contributed by atoms with van der Waals surface area (Å²) in [5.41, 5.74) is 5.78. The zero-order chi connectivity index (χ0) is 16.8. The van der Waals surface area contributed by atoms with Gasteiger partial charge in [0.05, 0.1) is 6.04 Å². The molecule has 0 aliphatic rings. The number of carbonyl (C=O) groups excluding carboxylic acids is 2. The molecule has 0 spiro atoms. The van der Waals surface area contributed by atoms with E-state index < -0.39 is 17.8 Å². The Morgan fingerprint density at radius 3 is 2.30 bits per heavy atom. The molecule has 0 radical (unpaired) electrons. The molecule has 1 aromatic heterocycles. The SMILES string of the molecule is CC(c1ccncc1)N(C)C(=O)NNC(=O)c1ccc(F)cc1. The Kier molecular flexibility index (Phi) is 5.24. The van der Waals surface area contributed by atoms with Crippen LogP contribution in [0.25, 0.3) is 0 Å². The standard InChI is InChI=1S/C16H17FN4O2/c1-11(12-7-9-18-10-8-12)21(2)16(23)20-19-15(22)13-3-5-14(17)6-4-13/h3-11H,1-2H3,(H,19,22)(H,20,23). The number of halogens is 1. The van der Waals surface area contributed by atoms with E-state index in [2.05, 4.69) is 15.8 Å². The molecule has 3 amide bonds. The third-order valence-corrected chi connectivity index (χ3v) is 3.48. The highest BCUT2D eigenvalue weighted by Gasteiger charge is 2.17. The van der Waals surface area contributed by atoms with Gasteiger partial charge in [0.2, 0.25) is 0 Å². The molecule has 0 bridgehead atoms. The minimum absolute atomic E-state index is 0.194. The number of urea groups is 1. The van der Waals surface area contributed by atoms with Crippen molar-refractivity contribution in [2.45, 2.75) is 13.0 Å². The van der Waals surface area contributed by atoms with E-state index in [9.17, 15) is 14.0 Å². The van der Waals surface area contributed by atoms with Crippen LogP contribution in [0.5, 0.6) is 0 Å². The van der Waals surface area contributed by atoms with Crippen LogP contribution in [0, 0.1) is 5.82 Å². The van der Waals surface area contributed by atoms with Gasteiger partial charge in [-0.05, 0) is 48.9 Å². The lowest BCUT2D eigenvalue weighted by Crippen LogP contribution is -2.48. The van der Waals surface area contributed by atoms with Crippen molar-refractivity contribution >= 4 is 11.9 Å². The minimum atomic E-state index is -0.525. The number of aromatic nitrogens is 1. The van der Waals surface area contributed by atoms with E-state index in [1.807, 2.05) is 19.1 Å². The van der Waals surface area contributed by atoms with Crippen LogP contribution >= 0.6 is 0 Å². The van der Waals surface area contributed by atoms with Gasteiger partial charge in [0.25, 0.3) is 5.91 Å². The highest BCUT2D eigenvalue weighted by molar-refractivity contribution is 5.95. The summed E-state index contributed by atoms with van der Waals surface area (Å²) in [6, 6.07) is 7.98.